The van der Waals surface area contributed by atoms with Gasteiger partial charge in [-0.2, -0.15) is 0 Å². The first-order chi connectivity index (χ1) is 8.63. The van der Waals surface area contributed by atoms with E-state index >= 15 is 0 Å². The molecule has 6 heteroatoms. The zero-order valence-electron chi connectivity index (χ0n) is 10.3. The van der Waals surface area contributed by atoms with Crippen molar-refractivity contribution in [3.8, 4) is 0 Å². The molecule has 0 radical (unpaired) electrons. The van der Waals surface area contributed by atoms with Crippen molar-refractivity contribution in [1.29, 1.82) is 0 Å². The van der Waals surface area contributed by atoms with E-state index in [9.17, 15) is 9.59 Å². The minimum Gasteiger partial charge on any atom is -0.447 e. The fourth-order valence-corrected chi connectivity index (χ4v) is 1.24. The Morgan fingerprint density at radius 2 is 2.39 bits per heavy atom. The van der Waals surface area contributed by atoms with Crippen LogP contribution < -0.4 is 5.73 Å². The van der Waals surface area contributed by atoms with E-state index < -0.39 is 12.1 Å². The number of pyridine rings is 1. The third-order valence-electron chi connectivity index (χ3n) is 2.32. The molecule has 1 aromatic rings. The van der Waals surface area contributed by atoms with Gasteiger partial charge in [-0.1, -0.05) is 6.07 Å². The minimum atomic E-state index is -0.766. The van der Waals surface area contributed by atoms with Gasteiger partial charge in [-0.3, -0.25) is 4.98 Å². The van der Waals surface area contributed by atoms with Crippen LogP contribution in [-0.2, 0) is 16.0 Å². The molecule has 6 nitrogen and oxygen atoms in total. The summed E-state index contributed by atoms with van der Waals surface area (Å²) in [5.74, 6) is 0. The first-order valence-electron chi connectivity index (χ1n) is 5.62. The van der Waals surface area contributed by atoms with Crippen LogP contribution in [0.15, 0.2) is 24.4 Å². The quantitative estimate of drug-likeness (QED) is 0.731. The third-order valence-corrected chi connectivity index (χ3v) is 2.32. The Bertz CT molecular complexity index is 383. The van der Waals surface area contributed by atoms with E-state index in [1.54, 1.807) is 13.2 Å². The molecular formula is C12H17N3O3. The highest BCUT2D eigenvalue weighted by atomic mass is 16.6. The zero-order chi connectivity index (χ0) is 13.4. The SMILES string of the molecule is CN(CCc1ccccn1)C(=O)OCC(N)C=O. The maximum absolute atomic E-state index is 11.5. The summed E-state index contributed by atoms with van der Waals surface area (Å²) in [5, 5.41) is 0. The number of hydrogen-bond donors (Lipinski definition) is 1. The molecule has 1 heterocycles. The second kappa shape index (κ2) is 7.39. The lowest BCUT2D eigenvalue weighted by Crippen LogP contribution is -2.35. The number of amides is 1. The van der Waals surface area contributed by atoms with Gasteiger partial charge >= 0.3 is 6.09 Å². The van der Waals surface area contributed by atoms with Gasteiger partial charge in [-0.05, 0) is 12.1 Å². The van der Waals surface area contributed by atoms with Crippen LogP contribution in [0, 0.1) is 0 Å². The second-order valence-electron chi connectivity index (χ2n) is 3.87. The average Bonchev–Trinajstić information content (AvgIpc) is 2.42. The molecule has 0 fully saturated rings. The Morgan fingerprint density at radius 3 is 3.00 bits per heavy atom. The van der Waals surface area contributed by atoms with Gasteiger partial charge in [-0.25, -0.2) is 4.79 Å². The van der Waals surface area contributed by atoms with Crippen LogP contribution in [0.2, 0.25) is 0 Å². The number of nitrogens with two attached hydrogens (primary N) is 1. The molecule has 0 saturated heterocycles. The van der Waals surface area contributed by atoms with Crippen LogP contribution in [-0.4, -0.2) is 48.5 Å². The topological polar surface area (TPSA) is 85.5 Å². The van der Waals surface area contributed by atoms with Gasteiger partial charge in [0.1, 0.15) is 12.9 Å². The molecule has 98 valence electrons. The van der Waals surface area contributed by atoms with Crippen LogP contribution in [0.1, 0.15) is 5.69 Å². The van der Waals surface area contributed by atoms with E-state index in [0.717, 1.165) is 5.69 Å². The van der Waals surface area contributed by atoms with Crippen LogP contribution >= 0.6 is 0 Å². The molecule has 0 aromatic carbocycles. The second-order valence-corrected chi connectivity index (χ2v) is 3.87. The Hall–Kier alpha value is -1.95. The summed E-state index contributed by atoms with van der Waals surface area (Å²) in [7, 11) is 1.62. The molecular weight excluding hydrogens is 234 g/mol. The lowest BCUT2D eigenvalue weighted by Gasteiger charge is -2.17. The summed E-state index contributed by atoms with van der Waals surface area (Å²) in [6.45, 7) is 0.391. The average molecular weight is 251 g/mol. The third kappa shape index (κ3) is 4.92. The van der Waals surface area contributed by atoms with Crippen molar-refractivity contribution < 1.29 is 14.3 Å². The minimum absolute atomic E-state index is 0.101. The molecule has 1 aromatic heterocycles. The Balaban J connectivity index is 2.29. The van der Waals surface area contributed by atoms with E-state index in [-0.39, 0.29) is 6.61 Å². The molecule has 0 bridgehead atoms. The predicted molar refractivity (Wildman–Crippen MR) is 66.0 cm³/mol. The van der Waals surface area contributed by atoms with E-state index in [0.29, 0.717) is 19.3 Å². The van der Waals surface area contributed by atoms with Crippen LogP contribution in [0.3, 0.4) is 0 Å². The number of rotatable bonds is 6. The molecule has 1 atom stereocenters. The van der Waals surface area contributed by atoms with Crippen molar-refractivity contribution in [1.82, 2.24) is 9.88 Å². The molecule has 0 spiro atoms. The molecule has 1 amide bonds. The fraction of sp³-hybridized carbons (Fsp3) is 0.417. The summed E-state index contributed by atoms with van der Waals surface area (Å²) in [6, 6.07) is 4.85. The van der Waals surface area contributed by atoms with E-state index in [4.69, 9.17) is 10.5 Å². The Labute approximate surface area is 106 Å². The van der Waals surface area contributed by atoms with Crippen LogP contribution in [0.4, 0.5) is 4.79 Å². The molecule has 2 N–H and O–H groups in total. The number of likely N-dealkylation sites (N-methyl/N-ethyl adjacent to an activating group) is 1. The number of hydrogen-bond acceptors (Lipinski definition) is 5. The van der Waals surface area contributed by atoms with Crippen molar-refractivity contribution in [3.05, 3.63) is 30.1 Å². The maximum Gasteiger partial charge on any atom is 0.409 e. The summed E-state index contributed by atoms with van der Waals surface area (Å²) in [4.78, 5) is 27.3. The fourth-order valence-electron chi connectivity index (χ4n) is 1.24. The summed E-state index contributed by atoms with van der Waals surface area (Å²) in [6.07, 6.45) is 2.40. The standard InChI is InChI=1S/C12H17N3O3/c1-15(12(17)18-9-10(13)8-16)7-5-11-4-2-3-6-14-11/h2-4,6,8,10H,5,7,9,13H2,1H3. The van der Waals surface area contributed by atoms with Gasteiger partial charge < -0.3 is 20.2 Å². The van der Waals surface area contributed by atoms with Gasteiger partial charge in [0.2, 0.25) is 0 Å². The van der Waals surface area contributed by atoms with Crippen molar-refractivity contribution in [2.24, 2.45) is 5.73 Å². The highest BCUT2D eigenvalue weighted by Crippen LogP contribution is 1.98. The molecule has 18 heavy (non-hydrogen) atoms. The van der Waals surface area contributed by atoms with Crippen LogP contribution in [0.25, 0.3) is 0 Å². The molecule has 0 aliphatic heterocycles. The smallest absolute Gasteiger partial charge is 0.409 e. The molecule has 1 unspecified atom stereocenters. The van der Waals surface area contributed by atoms with Gasteiger partial charge in [0.05, 0.1) is 6.04 Å². The number of carbonyl (C=O) groups is 2. The van der Waals surface area contributed by atoms with Gasteiger partial charge in [-0.15, -0.1) is 0 Å². The number of aromatic nitrogens is 1. The highest BCUT2D eigenvalue weighted by Gasteiger charge is 2.11. The monoisotopic (exact) mass is 251 g/mol. The highest BCUT2D eigenvalue weighted by molar-refractivity contribution is 5.68. The Morgan fingerprint density at radius 1 is 1.61 bits per heavy atom. The summed E-state index contributed by atoms with van der Waals surface area (Å²) >= 11 is 0. The van der Waals surface area contributed by atoms with Crippen LogP contribution in [0.5, 0.6) is 0 Å². The first-order valence-corrected chi connectivity index (χ1v) is 5.62. The summed E-state index contributed by atoms with van der Waals surface area (Å²) in [5.41, 5.74) is 6.22. The number of aldehydes is 1. The van der Waals surface area contributed by atoms with Gasteiger partial charge in [0.25, 0.3) is 0 Å². The van der Waals surface area contributed by atoms with Crippen molar-refractivity contribution in [2.75, 3.05) is 20.2 Å². The normalized spacial score (nSPS) is 11.7. The molecule has 1 rings (SSSR count). The summed E-state index contributed by atoms with van der Waals surface area (Å²) < 4.78 is 4.86. The van der Waals surface area contributed by atoms with Crippen molar-refractivity contribution >= 4 is 12.4 Å². The molecule has 0 aliphatic rings. The number of ether oxygens (including phenoxy) is 1. The predicted octanol–water partition coefficient (Wildman–Crippen LogP) is 0.219. The Kier molecular flexibility index (Phi) is 5.79. The number of nitrogens with zero attached hydrogens (tertiary/aromatic N) is 2. The lowest BCUT2D eigenvalue weighted by molar-refractivity contribution is -0.109. The van der Waals surface area contributed by atoms with E-state index in [1.807, 2.05) is 18.2 Å². The zero-order valence-corrected chi connectivity index (χ0v) is 10.3. The molecule has 0 aliphatic carbocycles. The first kappa shape index (κ1) is 14.1. The van der Waals surface area contributed by atoms with E-state index in [2.05, 4.69) is 4.98 Å². The van der Waals surface area contributed by atoms with Crippen molar-refractivity contribution in [3.63, 3.8) is 0 Å². The number of carbonyl (C=O) groups excluding carboxylic acids is 2. The van der Waals surface area contributed by atoms with Gasteiger partial charge in [0.15, 0.2) is 0 Å². The van der Waals surface area contributed by atoms with Crippen molar-refractivity contribution in [2.45, 2.75) is 12.5 Å². The molecule has 0 saturated carbocycles. The van der Waals surface area contributed by atoms with E-state index in [1.165, 1.54) is 4.90 Å². The largest absolute Gasteiger partial charge is 0.447 e. The lowest BCUT2D eigenvalue weighted by atomic mass is 10.2. The van der Waals surface area contributed by atoms with Gasteiger partial charge in [0, 0.05) is 31.9 Å². The maximum atomic E-state index is 11.5.